The van der Waals surface area contributed by atoms with Gasteiger partial charge in [-0.3, -0.25) is 0 Å². The van der Waals surface area contributed by atoms with Crippen LogP contribution in [0, 0.1) is 5.92 Å². The van der Waals surface area contributed by atoms with Gasteiger partial charge in [0.15, 0.2) is 0 Å². The number of carbonyl (C=O) groups excluding carboxylic acids is 1. The molecule has 1 aromatic carbocycles. The van der Waals surface area contributed by atoms with Crippen LogP contribution < -0.4 is 5.73 Å². The molecule has 0 fully saturated rings. The van der Waals surface area contributed by atoms with Crippen molar-refractivity contribution in [2.45, 2.75) is 26.7 Å². The average molecular weight is 300 g/mol. The quantitative estimate of drug-likeness (QED) is 0.513. The Hall–Kier alpha value is -1.03. The largest absolute Gasteiger partial charge is 0.462 e. The minimum Gasteiger partial charge on any atom is -0.462 e. The highest BCUT2D eigenvalue weighted by molar-refractivity contribution is 9.10. The number of hydrogen-bond acceptors (Lipinski definition) is 3. The maximum absolute atomic E-state index is 11.7. The molecule has 0 radical (unpaired) electrons. The number of benzene rings is 1. The Morgan fingerprint density at radius 1 is 1.47 bits per heavy atom. The second-order valence-corrected chi connectivity index (χ2v) is 5.26. The van der Waals surface area contributed by atoms with Crippen molar-refractivity contribution in [1.82, 2.24) is 0 Å². The van der Waals surface area contributed by atoms with Crippen LogP contribution in [0.5, 0.6) is 0 Å². The van der Waals surface area contributed by atoms with E-state index >= 15 is 0 Å². The Labute approximate surface area is 110 Å². The van der Waals surface area contributed by atoms with Crippen LogP contribution in [0.2, 0.25) is 0 Å². The second-order valence-electron chi connectivity index (χ2n) is 4.41. The summed E-state index contributed by atoms with van der Waals surface area (Å²) in [7, 11) is 0. The summed E-state index contributed by atoms with van der Waals surface area (Å²) >= 11 is 3.28. The van der Waals surface area contributed by atoms with Gasteiger partial charge in [0.1, 0.15) is 0 Å². The third-order valence-corrected chi connectivity index (χ3v) is 3.11. The van der Waals surface area contributed by atoms with Crippen LogP contribution >= 0.6 is 15.9 Å². The van der Waals surface area contributed by atoms with E-state index in [2.05, 4.69) is 29.8 Å². The van der Waals surface area contributed by atoms with Crippen molar-refractivity contribution in [1.29, 1.82) is 0 Å². The van der Waals surface area contributed by atoms with Crippen LogP contribution in [-0.2, 0) is 4.74 Å². The highest BCUT2D eigenvalue weighted by Crippen LogP contribution is 2.20. The lowest BCUT2D eigenvalue weighted by atomic mass is 10.1. The summed E-state index contributed by atoms with van der Waals surface area (Å²) in [4.78, 5) is 11.7. The molecule has 0 atom stereocenters. The second kappa shape index (κ2) is 6.64. The summed E-state index contributed by atoms with van der Waals surface area (Å²) in [6.45, 7) is 4.77. The van der Waals surface area contributed by atoms with Crippen LogP contribution in [0.1, 0.15) is 37.0 Å². The van der Waals surface area contributed by atoms with Gasteiger partial charge in [-0.15, -0.1) is 0 Å². The molecule has 0 aromatic heterocycles. The lowest BCUT2D eigenvalue weighted by Crippen LogP contribution is -2.07. The molecule has 0 spiro atoms. The zero-order chi connectivity index (χ0) is 12.8. The van der Waals surface area contributed by atoms with Gasteiger partial charge in [-0.2, -0.15) is 0 Å². The van der Waals surface area contributed by atoms with E-state index in [1.54, 1.807) is 18.2 Å². The molecule has 94 valence electrons. The number of hydrogen-bond donors (Lipinski definition) is 1. The van der Waals surface area contributed by atoms with Crippen molar-refractivity contribution in [3.05, 3.63) is 28.2 Å². The number of rotatable bonds is 5. The summed E-state index contributed by atoms with van der Waals surface area (Å²) in [5, 5.41) is 0. The minimum absolute atomic E-state index is 0.312. The van der Waals surface area contributed by atoms with E-state index in [0.29, 0.717) is 23.8 Å². The first kappa shape index (κ1) is 14.0. The highest BCUT2D eigenvalue weighted by atomic mass is 79.9. The summed E-state index contributed by atoms with van der Waals surface area (Å²) < 4.78 is 5.95. The number of esters is 1. The molecule has 0 aliphatic rings. The Bertz CT molecular complexity index is 391. The minimum atomic E-state index is -0.312. The zero-order valence-corrected chi connectivity index (χ0v) is 11.8. The van der Waals surface area contributed by atoms with Gasteiger partial charge in [-0.25, -0.2) is 4.79 Å². The third kappa shape index (κ3) is 4.77. The molecule has 4 heteroatoms. The molecule has 3 nitrogen and oxygen atoms in total. The smallest absolute Gasteiger partial charge is 0.338 e. The Balaban J connectivity index is 2.44. The number of nitrogen functional groups attached to an aromatic ring is 1. The molecule has 0 aliphatic carbocycles. The van der Waals surface area contributed by atoms with Gasteiger partial charge in [-0.1, -0.05) is 13.8 Å². The van der Waals surface area contributed by atoms with E-state index in [0.717, 1.165) is 17.3 Å². The number of halogens is 1. The Morgan fingerprint density at radius 3 is 2.76 bits per heavy atom. The maximum atomic E-state index is 11.7. The molecule has 0 amide bonds. The van der Waals surface area contributed by atoms with Crippen molar-refractivity contribution in [3.63, 3.8) is 0 Å². The highest BCUT2D eigenvalue weighted by Gasteiger charge is 2.08. The van der Waals surface area contributed by atoms with Crippen molar-refractivity contribution < 1.29 is 9.53 Å². The predicted octanol–water partition coefficient (Wildman–Crippen LogP) is 3.62. The van der Waals surface area contributed by atoms with Gasteiger partial charge in [0.05, 0.1) is 12.2 Å². The summed E-state index contributed by atoms with van der Waals surface area (Å²) in [5.41, 5.74) is 6.74. The van der Waals surface area contributed by atoms with Crippen molar-refractivity contribution in [2.75, 3.05) is 12.3 Å². The van der Waals surface area contributed by atoms with Crippen LogP contribution in [0.4, 0.5) is 5.69 Å². The number of carbonyl (C=O) groups is 1. The molecule has 17 heavy (non-hydrogen) atoms. The van der Waals surface area contributed by atoms with Crippen LogP contribution in [0.15, 0.2) is 22.7 Å². The topological polar surface area (TPSA) is 52.3 Å². The molecule has 0 heterocycles. The molecule has 0 bridgehead atoms. The molecule has 0 unspecified atom stereocenters. The average Bonchev–Trinajstić information content (AvgIpc) is 2.27. The monoisotopic (exact) mass is 299 g/mol. The number of anilines is 1. The van der Waals surface area contributed by atoms with Crippen molar-refractivity contribution in [3.8, 4) is 0 Å². The van der Waals surface area contributed by atoms with Gasteiger partial charge >= 0.3 is 5.97 Å². The van der Waals surface area contributed by atoms with Crippen LogP contribution in [0.3, 0.4) is 0 Å². The summed E-state index contributed by atoms with van der Waals surface area (Å²) in [6.07, 6.45) is 1.96. The molecule has 2 N–H and O–H groups in total. The van der Waals surface area contributed by atoms with E-state index in [9.17, 15) is 4.79 Å². The first-order chi connectivity index (χ1) is 8.00. The van der Waals surface area contributed by atoms with Crippen molar-refractivity contribution in [2.24, 2.45) is 5.92 Å². The molecular formula is C13H18BrNO2. The molecule has 0 aliphatic heterocycles. The van der Waals surface area contributed by atoms with Gasteiger partial charge in [-0.05, 0) is 52.9 Å². The van der Waals surface area contributed by atoms with E-state index in [1.807, 2.05) is 0 Å². The number of ether oxygens (including phenoxy) is 1. The van der Waals surface area contributed by atoms with Gasteiger partial charge in [0, 0.05) is 10.2 Å². The number of nitrogens with two attached hydrogens (primary N) is 1. The Morgan fingerprint density at radius 2 is 2.18 bits per heavy atom. The fourth-order valence-electron chi connectivity index (χ4n) is 1.41. The maximum Gasteiger partial charge on any atom is 0.338 e. The molecular weight excluding hydrogens is 282 g/mol. The van der Waals surface area contributed by atoms with E-state index in [-0.39, 0.29) is 5.97 Å². The van der Waals surface area contributed by atoms with E-state index in [1.165, 1.54) is 0 Å². The standard InChI is InChI=1S/C13H18BrNO2/c1-9(2)4-3-7-17-13(16)10-5-6-11(14)12(15)8-10/h5-6,8-9H,3-4,7,15H2,1-2H3. The van der Waals surface area contributed by atoms with Gasteiger partial charge < -0.3 is 10.5 Å². The molecule has 0 saturated carbocycles. The lowest BCUT2D eigenvalue weighted by Gasteiger charge is -2.07. The predicted molar refractivity (Wildman–Crippen MR) is 72.9 cm³/mol. The van der Waals surface area contributed by atoms with Crippen LogP contribution in [-0.4, -0.2) is 12.6 Å². The van der Waals surface area contributed by atoms with Gasteiger partial charge in [0.25, 0.3) is 0 Å². The normalized spacial score (nSPS) is 10.6. The Kier molecular flexibility index (Phi) is 5.48. The van der Waals surface area contributed by atoms with Crippen molar-refractivity contribution >= 4 is 27.6 Å². The van der Waals surface area contributed by atoms with E-state index in [4.69, 9.17) is 10.5 Å². The third-order valence-electron chi connectivity index (χ3n) is 2.39. The fraction of sp³-hybridized carbons (Fsp3) is 0.462. The summed E-state index contributed by atoms with van der Waals surface area (Å²) in [5.74, 6) is 0.324. The first-order valence-electron chi connectivity index (χ1n) is 5.73. The van der Waals surface area contributed by atoms with Gasteiger partial charge in [0.2, 0.25) is 0 Å². The zero-order valence-electron chi connectivity index (χ0n) is 10.2. The molecule has 0 saturated heterocycles. The first-order valence-corrected chi connectivity index (χ1v) is 6.52. The fourth-order valence-corrected chi connectivity index (χ4v) is 1.66. The molecule has 1 rings (SSSR count). The molecule has 1 aromatic rings. The van der Waals surface area contributed by atoms with Crippen LogP contribution in [0.25, 0.3) is 0 Å². The SMILES string of the molecule is CC(C)CCCOC(=O)c1ccc(Br)c(N)c1. The lowest BCUT2D eigenvalue weighted by molar-refractivity contribution is 0.0495. The van der Waals surface area contributed by atoms with E-state index < -0.39 is 0 Å². The summed E-state index contributed by atoms with van der Waals surface area (Å²) in [6, 6.07) is 5.07.